The largest absolute Gasteiger partial charge is 0.396 e. The van der Waals surface area contributed by atoms with Crippen LogP contribution in [0.25, 0.3) is 0 Å². The van der Waals surface area contributed by atoms with E-state index in [4.69, 9.17) is 9.92 Å². The summed E-state index contributed by atoms with van der Waals surface area (Å²) < 4.78 is 26.5. The first kappa shape index (κ1) is 10.8. The standard InChI is InChI=1S/C9H13NO3S/c1-3-7-4-5-8(10)9(6-7)13-14(2,11)12/h4-6H,3,10H2,1-2H3. The molecule has 4 nitrogen and oxygen atoms in total. The Morgan fingerprint density at radius 1 is 1.43 bits per heavy atom. The highest BCUT2D eigenvalue weighted by Crippen LogP contribution is 2.24. The maximum absolute atomic E-state index is 10.9. The first-order valence-corrected chi connectivity index (χ1v) is 6.02. The van der Waals surface area contributed by atoms with E-state index in [1.165, 1.54) is 0 Å². The highest BCUT2D eigenvalue weighted by atomic mass is 32.2. The van der Waals surface area contributed by atoms with Crippen molar-refractivity contribution < 1.29 is 12.6 Å². The number of hydrogen-bond donors (Lipinski definition) is 1. The molecular formula is C9H13NO3S. The third-order valence-corrected chi connectivity index (χ3v) is 2.21. The number of anilines is 1. The van der Waals surface area contributed by atoms with Gasteiger partial charge in [0.25, 0.3) is 0 Å². The van der Waals surface area contributed by atoms with Gasteiger partial charge >= 0.3 is 10.1 Å². The van der Waals surface area contributed by atoms with E-state index in [9.17, 15) is 8.42 Å². The zero-order valence-electron chi connectivity index (χ0n) is 8.15. The number of nitrogen functional groups attached to an aromatic ring is 1. The molecule has 0 atom stereocenters. The molecule has 0 saturated carbocycles. The number of rotatable bonds is 3. The van der Waals surface area contributed by atoms with Crippen LogP contribution in [0.5, 0.6) is 5.75 Å². The Morgan fingerprint density at radius 3 is 2.57 bits per heavy atom. The summed E-state index contributed by atoms with van der Waals surface area (Å²) in [6.07, 6.45) is 1.80. The lowest BCUT2D eigenvalue weighted by molar-refractivity contribution is 0.494. The zero-order chi connectivity index (χ0) is 10.8. The van der Waals surface area contributed by atoms with Crippen molar-refractivity contribution in [1.29, 1.82) is 0 Å². The highest BCUT2D eigenvalue weighted by molar-refractivity contribution is 7.86. The Morgan fingerprint density at radius 2 is 2.07 bits per heavy atom. The van der Waals surface area contributed by atoms with E-state index in [-0.39, 0.29) is 5.75 Å². The van der Waals surface area contributed by atoms with Crippen molar-refractivity contribution in [2.24, 2.45) is 0 Å². The van der Waals surface area contributed by atoms with Gasteiger partial charge in [0.2, 0.25) is 0 Å². The van der Waals surface area contributed by atoms with Gasteiger partial charge < -0.3 is 9.92 Å². The van der Waals surface area contributed by atoms with Crippen molar-refractivity contribution in [3.05, 3.63) is 23.8 Å². The van der Waals surface area contributed by atoms with Crippen molar-refractivity contribution in [2.75, 3.05) is 12.0 Å². The SMILES string of the molecule is CCc1ccc(N)c(OS(C)(=O)=O)c1. The van der Waals surface area contributed by atoms with Gasteiger partial charge in [0.05, 0.1) is 11.9 Å². The zero-order valence-corrected chi connectivity index (χ0v) is 8.97. The van der Waals surface area contributed by atoms with E-state index in [2.05, 4.69) is 0 Å². The quantitative estimate of drug-likeness (QED) is 0.607. The van der Waals surface area contributed by atoms with Crippen molar-refractivity contribution in [3.63, 3.8) is 0 Å². The third kappa shape index (κ3) is 2.92. The Kier molecular flexibility index (Phi) is 3.00. The van der Waals surface area contributed by atoms with Crippen LogP contribution in [0.1, 0.15) is 12.5 Å². The summed E-state index contributed by atoms with van der Waals surface area (Å²) in [6.45, 7) is 1.97. The monoisotopic (exact) mass is 215 g/mol. The fourth-order valence-electron chi connectivity index (χ4n) is 1.03. The molecule has 2 N–H and O–H groups in total. The number of benzene rings is 1. The molecule has 5 heteroatoms. The minimum atomic E-state index is -3.50. The maximum Gasteiger partial charge on any atom is 0.306 e. The minimum absolute atomic E-state index is 0.201. The summed E-state index contributed by atoms with van der Waals surface area (Å²) in [5.41, 5.74) is 6.87. The van der Waals surface area contributed by atoms with Gasteiger partial charge in [-0.2, -0.15) is 8.42 Å². The predicted octanol–water partition coefficient (Wildman–Crippen LogP) is 1.17. The lowest BCUT2D eigenvalue weighted by atomic mass is 10.1. The predicted molar refractivity (Wildman–Crippen MR) is 55.7 cm³/mol. The second-order valence-corrected chi connectivity index (χ2v) is 4.59. The van der Waals surface area contributed by atoms with Crippen molar-refractivity contribution >= 4 is 15.8 Å². The van der Waals surface area contributed by atoms with Gasteiger partial charge in [0, 0.05) is 0 Å². The fourth-order valence-corrected chi connectivity index (χ4v) is 1.50. The second kappa shape index (κ2) is 3.88. The summed E-state index contributed by atoms with van der Waals surface area (Å²) in [7, 11) is -3.50. The Balaban J connectivity index is 3.07. The van der Waals surface area contributed by atoms with Gasteiger partial charge in [-0.3, -0.25) is 0 Å². The molecule has 0 heterocycles. The van der Waals surface area contributed by atoms with Gasteiger partial charge in [0.1, 0.15) is 0 Å². The van der Waals surface area contributed by atoms with Crippen LogP contribution < -0.4 is 9.92 Å². The first-order chi connectivity index (χ1) is 6.42. The molecule has 0 bridgehead atoms. The molecule has 14 heavy (non-hydrogen) atoms. The topological polar surface area (TPSA) is 69.4 Å². The molecule has 0 aliphatic carbocycles. The van der Waals surface area contributed by atoms with E-state index < -0.39 is 10.1 Å². The van der Waals surface area contributed by atoms with Crippen molar-refractivity contribution in [2.45, 2.75) is 13.3 Å². The normalized spacial score (nSPS) is 11.3. The average Bonchev–Trinajstić information content (AvgIpc) is 2.06. The number of hydrogen-bond acceptors (Lipinski definition) is 4. The van der Waals surface area contributed by atoms with Gasteiger partial charge in [-0.05, 0) is 24.1 Å². The van der Waals surface area contributed by atoms with Crippen LogP contribution in [-0.2, 0) is 16.5 Å². The lowest BCUT2D eigenvalue weighted by Gasteiger charge is -2.07. The maximum atomic E-state index is 10.9. The first-order valence-electron chi connectivity index (χ1n) is 4.20. The Bertz CT molecular complexity index is 426. The average molecular weight is 215 g/mol. The van der Waals surface area contributed by atoms with Crippen LogP contribution in [0.3, 0.4) is 0 Å². The minimum Gasteiger partial charge on any atom is -0.396 e. The number of aryl methyl sites for hydroxylation is 1. The van der Waals surface area contributed by atoms with Gasteiger partial charge in [-0.1, -0.05) is 13.0 Å². The molecule has 1 aromatic rings. The van der Waals surface area contributed by atoms with E-state index in [0.29, 0.717) is 5.69 Å². The van der Waals surface area contributed by atoms with Crippen molar-refractivity contribution in [3.8, 4) is 5.75 Å². The van der Waals surface area contributed by atoms with Crippen LogP contribution in [0.2, 0.25) is 0 Å². The molecular weight excluding hydrogens is 202 g/mol. The van der Waals surface area contributed by atoms with Crippen LogP contribution in [0, 0.1) is 0 Å². The molecule has 0 fully saturated rings. The number of nitrogens with two attached hydrogens (primary N) is 1. The Labute approximate surface area is 83.8 Å². The molecule has 0 aliphatic heterocycles. The van der Waals surface area contributed by atoms with E-state index in [1.807, 2.05) is 13.0 Å². The molecule has 0 amide bonds. The van der Waals surface area contributed by atoms with Crippen LogP contribution >= 0.6 is 0 Å². The Hall–Kier alpha value is -1.23. The summed E-state index contributed by atoms with van der Waals surface area (Å²) in [4.78, 5) is 0. The molecule has 1 aromatic carbocycles. The third-order valence-electron chi connectivity index (χ3n) is 1.73. The second-order valence-electron chi connectivity index (χ2n) is 3.01. The molecule has 0 saturated heterocycles. The molecule has 1 rings (SSSR count). The molecule has 78 valence electrons. The van der Waals surface area contributed by atoms with Crippen molar-refractivity contribution in [1.82, 2.24) is 0 Å². The van der Waals surface area contributed by atoms with Crippen LogP contribution in [0.4, 0.5) is 5.69 Å². The van der Waals surface area contributed by atoms with Crippen LogP contribution in [0.15, 0.2) is 18.2 Å². The molecule has 0 aromatic heterocycles. The summed E-state index contributed by atoms with van der Waals surface area (Å²) in [6, 6.07) is 5.11. The van der Waals surface area contributed by atoms with E-state index >= 15 is 0 Å². The smallest absolute Gasteiger partial charge is 0.306 e. The highest BCUT2D eigenvalue weighted by Gasteiger charge is 2.08. The molecule has 0 unspecified atom stereocenters. The molecule has 0 spiro atoms. The van der Waals surface area contributed by atoms with Gasteiger partial charge in [-0.25, -0.2) is 0 Å². The summed E-state index contributed by atoms with van der Waals surface area (Å²) in [5.74, 6) is 0.201. The van der Waals surface area contributed by atoms with Gasteiger partial charge in [-0.15, -0.1) is 0 Å². The molecule has 0 radical (unpaired) electrons. The van der Waals surface area contributed by atoms with Crippen LogP contribution in [-0.4, -0.2) is 14.7 Å². The summed E-state index contributed by atoms with van der Waals surface area (Å²) in [5, 5.41) is 0. The summed E-state index contributed by atoms with van der Waals surface area (Å²) >= 11 is 0. The lowest BCUT2D eigenvalue weighted by Crippen LogP contribution is -2.07. The fraction of sp³-hybridized carbons (Fsp3) is 0.333. The van der Waals surface area contributed by atoms with E-state index in [1.54, 1.807) is 12.1 Å². The van der Waals surface area contributed by atoms with E-state index in [0.717, 1.165) is 18.2 Å². The van der Waals surface area contributed by atoms with Gasteiger partial charge in [0.15, 0.2) is 5.75 Å². The molecule has 0 aliphatic rings.